The zero-order valence-electron chi connectivity index (χ0n) is 1.79. The fourth-order valence-electron chi connectivity index (χ4n) is 0. The Morgan fingerprint density at radius 2 is 1.25 bits per heavy atom. The van der Waals surface area contributed by atoms with Gasteiger partial charge in [-0.15, -0.1) is 0 Å². The van der Waals surface area contributed by atoms with Gasteiger partial charge in [0.25, 0.3) is 0 Å². The van der Waals surface area contributed by atoms with Crippen LogP contribution in [-0.4, -0.2) is 6.79 Å². The molecule has 0 rings (SSSR count). The van der Waals surface area contributed by atoms with E-state index in [-0.39, 0.29) is 44.1 Å². The van der Waals surface area contributed by atoms with Crippen molar-refractivity contribution in [2.24, 2.45) is 0 Å². The van der Waals surface area contributed by atoms with Crippen molar-refractivity contribution < 1.29 is 48.9 Å². The summed E-state index contributed by atoms with van der Waals surface area (Å²) in [6, 6.07) is 0. The molecule has 1 nitrogen and oxygen atoms in total. The summed E-state index contributed by atoms with van der Waals surface area (Å²) in [5.41, 5.74) is 0. The third-order valence-corrected chi connectivity index (χ3v) is 0. The maximum Gasteiger partial charge on any atom is 1.00 e. The van der Waals surface area contributed by atoms with Crippen molar-refractivity contribution in [3.63, 3.8) is 0 Å². The van der Waals surface area contributed by atoms with Crippen molar-refractivity contribution >= 4 is 6.79 Å². The summed E-state index contributed by atoms with van der Waals surface area (Å²) in [5, 5.41) is 0. The minimum atomic E-state index is 0. The van der Waals surface area contributed by atoms with Crippen LogP contribution < -0.4 is 0 Å². The fraction of sp³-hybridized carbons (Fsp3) is 0. The molecule has 0 N–H and O–H groups in total. The van der Waals surface area contributed by atoms with Gasteiger partial charge in [0.1, 0.15) is 0 Å². The molecule has 0 unspecified atom stereocenters. The van der Waals surface area contributed by atoms with Gasteiger partial charge in [0.05, 0.1) is 0 Å². The van der Waals surface area contributed by atoms with Gasteiger partial charge in [-0.05, 0) is 0 Å². The molecule has 0 radical (unpaired) electrons. The van der Waals surface area contributed by atoms with E-state index in [0.29, 0.717) is 0 Å². The average Bonchev–Trinajstić information content (AvgIpc) is 1.00. The van der Waals surface area contributed by atoms with Crippen LogP contribution in [0, 0.1) is 0 Å². The molecule has 0 aromatic carbocycles. The van der Waals surface area contributed by atoms with E-state index in [9.17, 15) is 0 Å². The van der Waals surface area contributed by atoms with Crippen LogP contribution in [0.1, 0.15) is 0 Å². The maximum atomic E-state index is 7.75. The maximum absolute atomic E-state index is 7.75. The van der Waals surface area contributed by atoms with Gasteiger partial charge in [-0.3, -0.25) is 6.79 Å². The quantitative estimate of drug-likeness (QED) is 0.337. The number of carbonyl (C=O) groups excluding carboxylic acids is 1. The van der Waals surface area contributed by atoms with Crippen LogP contribution in [0.2, 0.25) is 0 Å². The second-order valence-electron chi connectivity index (χ2n) is 0. The van der Waals surface area contributed by atoms with Crippen molar-refractivity contribution in [3.8, 4) is 0 Å². The van der Waals surface area contributed by atoms with E-state index in [1.807, 2.05) is 0 Å². The van der Waals surface area contributed by atoms with Gasteiger partial charge in [0, 0.05) is 21.7 Å². The number of rotatable bonds is 0. The molecule has 0 aliphatic carbocycles. The third kappa shape index (κ3) is 11.2. The van der Waals surface area contributed by atoms with E-state index in [0.717, 1.165) is 0 Å². The Labute approximate surface area is 55.5 Å². The van der Waals surface area contributed by atoms with Crippen LogP contribution >= 0.6 is 0 Å². The summed E-state index contributed by atoms with van der Waals surface area (Å²) in [7, 11) is 0. The van der Waals surface area contributed by atoms with Crippen LogP contribution in [-0.2, 0) is 48.9 Å². The van der Waals surface area contributed by atoms with E-state index >= 15 is 0 Å². The molecule has 0 aromatic rings. The van der Waals surface area contributed by atoms with Crippen LogP contribution in [0.5, 0.6) is 0 Å². The first-order valence-corrected chi connectivity index (χ1v) is 0.236. The smallest absolute Gasteiger partial charge is 0.545 e. The summed E-state index contributed by atoms with van der Waals surface area (Å²) in [5.74, 6) is 0. The minimum absolute atomic E-state index is 0. The van der Waals surface area contributed by atoms with E-state index in [2.05, 4.69) is 6.79 Å². The van der Waals surface area contributed by atoms with Gasteiger partial charge >= 0.3 is 22.4 Å². The Kier molecular flexibility index (Phi) is 154. The van der Waals surface area contributed by atoms with Gasteiger partial charge in [0.15, 0.2) is 0 Å². The molecular formula is CHAuOTi. The van der Waals surface area contributed by atoms with Crippen molar-refractivity contribution in [1.29, 1.82) is 0 Å². The molecule has 0 saturated carbocycles. The molecule has 0 spiro atoms. The molecule has 0 fully saturated rings. The van der Waals surface area contributed by atoms with Gasteiger partial charge in [-0.1, -0.05) is 0 Å². The second kappa shape index (κ2) is 31.8. The summed E-state index contributed by atoms with van der Waals surface area (Å²) >= 11 is 0. The molecule has 0 amide bonds. The van der Waals surface area contributed by atoms with Crippen LogP contribution in [0.4, 0.5) is 0 Å². The standard InChI is InChI=1S/CHO.Au.Ti/c1-2;;/h1H;;/q-1;+1;. The third-order valence-electron chi connectivity index (χ3n) is 0. The van der Waals surface area contributed by atoms with Crippen LogP contribution in [0.3, 0.4) is 0 Å². The fourth-order valence-corrected chi connectivity index (χ4v) is 0. The van der Waals surface area contributed by atoms with Gasteiger partial charge < -0.3 is 4.79 Å². The monoisotopic (exact) mass is 274 g/mol. The number of hydrogen-bond donors (Lipinski definition) is 0. The predicted octanol–water partition coefficient (Wildman–Crippen LogP) is -0.279. The first-order chi connectivity index (χ1) is 1.00. The summed E-state index contributed by atoms with van der Waals surface area (Å²) in [6.45, 7) is 3.25. The molecule has 0 saturated heterocycles. The SMILES string of the molecule is [Au+].[CH-]=O.[Ti]. The molecular weight excluding hydrogens is 273 g/mol. The first kappa shape index (κ1) is 19.3. The van der Waals surface area contributed by atoms with Crippen molar-refractivity contribution in [2.75, 3.05) is 0 Å². The molecule has 4 heavy (non-hydrogen) atoms. The number of hydrogen-bond acceptors (Lipinski definition) is 1. The van der Waals surface area contributed by atoms with Crippen molar-refractivity contribution in [1.82, 2.24) is 0 Å². The molecule has 0 heterocycles. The average molecular weight is 274 g/mol. The normalized spacial score (nSPS) is 1.00. The molecule has 0 aromatic heterocycles. The summed E-state index contributed by atoms with van der Waals surface area (Å²) in [6.07, 6.45) is 0. The van der Waals surface area contributed by atoms with Gasteiger partial charge in [-0.2, -0.15) is 0 Å². The van der Waals surface area contributed by atoms with E-state index in [4.69, 9.17) is 4.79 Å². The van der Waals surface area contributed by atoms with Gasteiger partial charge in [0.2, 0.25) is 0 Å². The molecule has 0 aliphatic heterocycles. The van der Waals surface area contributed by atoms with E-state index < -0.39 is 0 Å². The molecule has 3 heteroatoms. The minimum Gasteiger partial charge on any atom is -0.545 e. The Morgan fingerprint density at radius 3 is 1.25 bits per heavy atom. The zero-order valence-corrected chi connectivity index (χ0v) is 5.52. The van der Waals surface area contributed by atoms with Crippen molar-refractivity contribution in [3.05, 3.63) is 0 Å². The summed E-state index contributed by atoms with van der Waals surface area (Å²) < 4.78 is 0. The predicted molar refractivity (Wildman–Crippen MR) is 6.75 cm³/mol. The second-order valence-corrected chi connectivity index (χ2v) is 0. The molecule has 26 valence electrons. The Hall–Kier alpha value is 1.12. The Morgan fingerprint density at radius 1 is 1.25 bits per heavy atom. The molecule has 0 atom stereocenters. The van der Waals surface area contributed by atoms with Crippen LogP contribution in [0.15, 0.2) is 0 Å². The Bertz CT molecular complexity index is 8.00. The van der Waals surface area contributed by atoms with Crippen molar-refractivity contribution in [2.45, 2.75) is 0 Å². The first-order valence-electron chi connectivity index (χ1n) is 0.236. The molecule has 0 bridgehead atoms. The Balaban J connectivity index is -0.00000000500. The topological polar surface area (TPSA) is 17.1 Å². The van der Waals surface area contributed by atoms with Crippen LogP contribution in [0.25, 0.3) is 0 Å². The summed E-state index contributed by atoms with van der Waals surface area (Å²) in [4.78, 5) is 7.75. The molecule has 0 aliphatic rings. The van der Waals surface area contributed by atoms with E-state index in [1.165, 1.54) is 0 Å². The van der Waals surface area contributed by atoms with E-state index in [1.54, 1.807) is 0 Å². The largest absolute Gasteiger partial charge is 1.00 e. The zero-order chi connectivity index (χ0) is 2.00. The van der Waals surface area contributed by atoms with Gasteiger partial charge in [-0.25, -0.2) is 0 Å².